The Morgan fingerprint density at radius 2 is 0.833 bits per heavy atom. The van der Waals surface area contributed by atoms with Gasteiger partial charge in [-0.3, -0.25) is 9.59 Å². The maximum absolute atomic E-state index is 13.1. The Balaban J connectivity index is 1.75. The van der Waals surface area contributed by atoms with E-state index in [-0.39, 0.29) is 34.0 Å². The second-order valence-corrected chi connectivity index (χ2v) is 11.7. The van der Waals surface area contributed by atoms with Crippen molar-refractivity contribution in [3.05, 3.63) is 35.4 Å². The molecule has 6 heteroatoms. The molecule has 2 aliphatic heterocycles. The number of nitrogens with one attached hydrogen (secondary N) is 2. The number of nitrogens with zero attached hydrogens (tertiary/aromatic N) is 2. The van der Waals surface area contributed by atoms with Crippen molar-refractivity contribution in [2.75, 3.05) is 26.2 Å². The monoisotopic (exact) mass is 414 g/mol. The van der Waals surface area contributed by atoms with E-state index in [1.807, 2.05) is 9.80 Å². The van der Waals surface area contributed by atoms with Gasteiger partial charge in [-0.05, 0) is 79.7 Å². The molecule has 2 saturated heterocycles. The Bertz CT molecular complexity index is 723. The van der Waals surface area contributed by atoms with Crippen molar-refractivity contribution in [3.8, 4) is 0 Å². The largest absolute Gasteiger partial charge is 0.335 e. The van der Waals surface area contributed by atoms with Gasteiger partial charge in [0.2, 0.25) is 0 Å². The van der Waals surface area contributed by atoms with Crippen molar-refractivity contribution < 1.29 is 9.59 Å². The van der Waals surface area contributed by atoms with Crippen LogP contribution in [-0.4, -0.2) is 69.9 Å². The Morgan fingerprint density at radius 3 is 1.07 bits per heavy atom. The van der Waals surface area contributed by atoms with Gasteiger partial charge in [-0.1, -0.05) is 0 Å². The molecule has 1 aromatic carbocycles. The number of piperazine rings is 2. The Kier molecular flexibility index (Phi) is 5.57. The highest BCUT2D eigenvalue weighted by Gasteiger charge is 2.40. The molecule has 0 saturated carbocycles. The van der Waals surface area contributed by atoms with Crippen molar-refractivity contribution in [3.63, 3.8) is 0 Å². The van der Waals surface area contributed by atoms with Crippen LogP contribution in [0.3, 0.4) is 0 Å². The van der Waals surface area contributed by atoms with Gasteiger partial charge < -0.3 is 20.4 Å². The Morgan fingerprint density at radius 1 is 0.600 bits per heavy atom. The molecule has 0 unspecified atom stereocenters. The summed E-state index contributed by atoms with van der Waals surface area (Å²) in [5.41, 5.74) is 0.677. The summed E-state index contributed by atoms with van der Waals surface area (Å²) >= 11 is 0. The van der Waals surface area contributed by atoms with E-state index in [0.29, 0.717) is 37.3 Å². The number of benzene rings is 1. The van der Waals surface area contributed by atoms with Gasteiger partial charge in [-0.2, -0.15) is 0 Å². The van der Waals surface area contributed by atoms with Crippen molar-refractivity contribution >= 4 is 11.8 Å². The lowest BCUT2D eigenvalue weighted by Crippen LogP contribution is -2.67. The van der Waals surface area contributed by atoms with Crippen LogP contribution in [0.4, 0.5) is 0 Å². The third-order valence-corrected chi connectivity index (χ3v) is 5.65. The maximum Gasteiger partial charge on any atom is 0.253 e. The molecule has 30 heavy (non-hydrogen) atoms. The summed E-state index contributed by atoms with van der Waals surface area (Å²) in [5, 5.41) is 7.19. The number of carbonyl (C=O) groups excluding carboxylic acids is 2. The molecule has 1 aromatic rings. The van der Waals surface area contributed by atoms with Gasteiger partial charge in [-0.25, -0.2) is 0 Å². The van der Waals surface area contributed by atoms with Crippen LogP contribution in [0.25, 0.3) is 0 Å². The average molecular weight is 415 g/mol. The molecule has 3 rings (SSSR count). The van der Waals surface area contributed by atoms with E-state index in [2.05, 4.69) is 66.0 Å². The number of hydrogen-bond acceptors (Lipinski definition) is 4. The van der Waals surface area contributed by atoms with E-state index in [1.165, 1.54) is 0 Å². The summed E-state index contributed by atoms with van der Waals surface area (Å²) in [6, 6.07) is 7.15. The Labute approximate surface area is 181 Å². The first kappa shape index (κ1) is 22.8. The Hall–Kier alpha value is -1.92. The van der Waals surface area contributed by atoms with E-state index < -0.39 is 0 Å². The van der Waals surface area contributed by atoms with E-state index in [1.54, 1.807) is 24.3 Å². The van der Waals surface area contributed by atoms with Crippen LogP contribution >= 0.6 is 0 Å². The fraction of sp³-hybridized carbons (Fsp3) is 0.667. The normalized spacial score (nSPS) is 24.4. The van der Waals surface area contributed by atoms with E-state index in [9.17, 15) is 9.59 Å². The lowest BCUT2D eigenvalue weighted by Gasteiger charge is -2.48. The minimum absolute atomic E-state index is 0.0149. The van der Waals surface area contributed by atoms with Crippen LogP contribution in [0.5, 0.6) is 0 Å². The SMILES string of the molecule is CC1(C)CN(C(=O)c2ccc(C(=O)N3CC(C)(C)NC(C)(C)C3)cc2)CC(C)(C)N1. The van der Waals surface area contributed by atoms with Crippen LogP contribution in [0, 0.1) is 0 Å². The second-order valence-electron chi connectivity index (χ2n) is 11.7. The molecule has 6 nitrogen and oxygen atoms in total. The summed E-state index contributed by atoms with van der Waals surface area (Å²) < 4.78 is 0. The van der Waals surface area contributed by atoms with Crippen molar-refractivity contribution in [1.82, 2.24) is 20.4 Å². The fourth-order valence-corrected chi connectivity index (χ4v) is 5.42. The molecule has 166 valence electrons. The first-order valence-electron chi connectivity index (χ1n) is 10.9. The first-order chi connectivity index (χ1) is 13.6. The van der Waals surface area contributed by atoms with E-state index >= 15 is 0 Å². The summed E-state index contributed by atoms with van der Waals surface area (Å²) in [7, 11) is 0. The van der Waals surface area contributed by atoms with Gasteiger partial charge in [0.15, 0.2) is 0 Å². The highest BCUT2D eigenvalue weighted by atomic mass is 16.2. The first-order valence-corrected chi connectivity index (χ1v) is 10.9. The molecule has 2 amide bonds. The molecule has 0 atom stereocenters. The summed E-state index contributed by atoms with van der Waals surface area (Å²) in [6.07, 6.45) is 0. The topological polar surface area (TPSA) is 64.7 Å². The third kappa shape index (κ3) is 5.22. The summed E-state index contributed by atoms with van der Waals surface area (Å²) in [4.78, 5) is 30.1. The highest BCUT2D eigenvalue weighted by Crippen LogP contribution is 2.24. The zero-order valence-electron chi connectivity index (χ0n) is 19.8. The molecule has 0 aromatic heterocycles. The molecule has 0 spiro atoms. The lowest BCUT2D eigenvalue weighted by atomic mass is 9.90. The molecule has 2 aliphatic rings. The lowest BCUT2D eigenvalue weighted by molar-refractivity contribution is 0.0466. The van der Waals surface area contributed by atoms with Crippen LogP contribution < -0.4 is 10.6 Å². The third-order valence-electron chi connectivity index (χ3n) is 5.65. The standard InChI is InChI=1S/C24H38N4O2/c1-21(2)13-27(14-22(3,4)25-21)19(29)17-9-11-18(12-10-17)20(30)28-15-23(5,6)26-24(7,8)16-28/h9-12,25-26H,13-16H2,1-8H3. The zero-order valence-corrected chi connectivity index (χ0v) is 19.8. The maximum atomic E-state index is 13.1. The van der Waals surface area contributed by atoms with Gasteiger partial charge in [0.1, 0.15) is 0 Å². The molecular formula is C24H38N4O2. The quantitative estimate of drug-likeness (QED) is 0.781. The van der Waals surface area contributed by atoms with Gasteiger partial charge in [-0.15, -0.1) is 0 Å². The molecule has 2 fully saturated rings. The predicted octanol–water partition coefficient (Wildman–Crippen LogP) is 2.89. The van der Waals surface area contributed by atoms with Crippen molar-refractivity contribution in [2.45, 2.75) is 77.5 Å². The van der Waals surface area contributed by atoms with Crippen molar-refractivity contribution in [2.24, 2.45) is 0 Å². The number of hydrogen-bond donors (Lipinski definition) is 2. The van der Waals surface area contributed by atoms with E-state index in [0.717, 1.165) is 0 Å². The molecular weight excluding hydrogens is 376 g/mol. The van der Waals surface area contributed by atoms with Crippen LogP contribution in [0.1, 0.15) is 76.1 Å². The van der Waals surface area contributed by atoms with Crippen LogP contribution in [0.15, 0.2) is 24.3 Å². The molecule has 0 aliphatic carbocycles. The number of rotatable bonds is 2. The van der Waals surface area contributed by atoms with Gasteiger partial charge >= 0.3 is 0 Å². The zero-order chi connectivity index (χ0) is 22.5. The molecule has 2 heterocycles. The number of carbonyl (C=O) groups is 2. The van der Waals surface area contributed by atoms with Gasteiger partial charge in [0, 0.05) is 59.5 Å². The summed E-state index contributed by atoms with van der Waals surface area (Å²) in [6.45, 7) is 19.6. The van der Waals surface area contributed by atoms with Gasteiger partial charge in [0.05, 0.1) is 0 Å². The smallest absolute Gasteiger partial charge is 0.253 e. The fourth-order valence-electron chi connectivity index (χ4n) is 5.42. The molecule has 0 bridgehead atoms. The molecule has 0 radical (unpaired) electrons. The molecule has 2 N–H and O–H groups in total. The van der Waals surface area contributed by atoms with Crippen LogP contribution in [-0.2, 0) is 0 Å². The minimum Gasteiger partial charge on any atom is -0.335 e. The second kappa shape index (κ2) is 7.34. The van der Waals surface area contributed by atoms with Crippen LogP contribution in [0.2, 0.25) is 0 Å². The summed E-state index contributed by atoms with van der Waals surface area (Å²) in [5.74, 6) is 0.0298. The minimum atomic E-state index is -0.144. The van der Waals surface area contributed by atoms with E-state index in [4.69, 9.17) is 0 Å². The highest BCUT2D eigenvalue weighted by molar-refractivity contribution is 5.98. The van der Waals surface area contributed by atoms with Gasteiger partial charge in [0.25, 0.3) is 11.8 Å². The average Bonchev–Trinajstić information content (AvgIpc) is 2.55. The number of amides is 2. The van der Waals surface area contributed by atoms with Crippen molar-refractivity contribution in [1.29, 1.82) is 0 Å². The predicted molar refractivity (Wildman–Crippen MR) is 121 cm³/mol.